The smallest absolute Gasteiger partial charge is 0.414 e. The molecule has 8 nitrogen and oxygen atoms in total. The average molecular weight is 355 g/mol. The van der Waals surface area contributed by atoms with Crippen molar-refractivity contribution in [2.45, 2.75) is 12.6 Å². The summed E-state index contributed by atoms with van der Waals surface area (Å²) in [5, 5.41) is 7.54. The maximum absolute atomic E-state index is 14.5. The van der Waals surface area contributed by atoms with Crippen molar-refractivity contribution in [3.63, 3.8) is 0 Å². The highest BCUT2D eigenvalue weighted by Gasteiger charge is 2.33. The SMILES string of the molecule is O=Cc1ccn(-c2ccc(N3C[C@H](Cn4ccnn4)OC3=O)cc2F)c1. The van der Waals surface area contributed by atoms with Crippen LogP contribution in [0.1, 0.15) is 10.4 Å². The fraction of sp³-hybridized carbons (Fsp3) is 0.176. The van der Waals surface area contributed by atoms with Gasteiger partial charge in [-0.05, 0) is 24.3 Å². The molecule has 1 amide bonds. The first-order valence-electron chi connectivity index (χ1n) is 7.89. The summed E-state index contributed by atoms with van der Waals surface area (Å²) >= 11 is 0. The van der Waals surface area contributed by atoms with Gasteiger partial charge in [0.05, 0.1) is 30.7 Å². The van der Waals surface area contributed by atoms with E-state index in [4.69, 9.17) is 4.74 Å². The molecule has 1 aromatic carbocycles. The molecule has 2 aromatic heterocycles. The van der Waals surface area contributed by atoms with Crippen molar-refractivity contribution >= 4 is 18.1 Å². The number of hydrogen-bond acceptors (Lipinski definition) is 5. The second-order valence-corrected chi connectivity index (χ2v) is 5.85. The van der Waals surface area contributed by atoms with Crippen LogP contribution in [-0.4, -0.2) is 44.6 Å². The van der Waals surface area contributed by atoms with Crippen LogP contribution in [0.25, 0.3) is 5.69 Å². The van der Waals surface area contributed by atoms with Crippen LogP contribution < -0.4 is 4.90 Å². The largest absolute Gasteiger partial charge is 0.442 e. The van der Waals surface area contributed by atoms with Crippen LogP contribution in [0.3, 0.4) is 0 Å². The monoisotopic (exact) mass is 355 g/mol. The van der Waals surface area contributed by atoms with E-state index in [1.165, 1.54) is 21.7 Å². The molecule has 1 aliphatic heterocycles. The lowest BCUT2D eigenvalue weighted by Crippen LogP contribution is -2.26. The second-order valence-electron chi connectivity index (χ2n) is 5.85. The van der Waals surface area contributed by atoms with Crippen molar-refractivity contribution in [2.75, 3.05) is 11.4 Å². The van der Waals surface area contributed by atoms with Crippen LogP contribution in [0.5, 0.6) is 0 Å². The average Bonchev–Trinajstić information content (AvgIpc) is 3.36. The van der Waals surface area contributed by atoms with E-state index in [0.29, 0.717) is 24.1 Å². The van der Waals surface area contributed by atoms with Gasteiger partial charge in [-0.1, -0.05) is 5.21 Å². The van der Waals surface area contributed by atoms with Gasteiger partial charge in [0.2, 0.25) is 0 Å². The number of carbonyl (C=O) groups excluding carboxylic acids is 2. The fourth-order valence-electron chi connectivity index (χ4n) is 2.87. The molecule has 0 radical (unpaired) electrons. The summed E-state index contributed by atoms with van der Waals surface area (Å²) < 4.78 is 22.9. The van der Waals surface area contributed by atoms with Gasteiger partial charge in [0, 0.05) is 24.2 Å². The van der Waals surface area contributed by atoms with Gasteiger partial charge in [0.15, 0.2) is 6.29 Å². The zero-order chi connectivity index (χ0) is 18.1. The highest BCUT2D eigenvalue weighted by Crippen LogP contribution is 2.26. The van der Waals surface area contributed by atoms with Crippen molar-refractivity contribution in [1.82, 2.24) is 19.6 Å². The standard InChI is InChI=1S/C17H14FN5O3/c18-15-7-13(1-2-16(15)21-5-3-12(8-21)11-24)23-10-14(26-17(23)25)9-22-6-4-19-20-22/h1-8,11,14H,9-10H2/t14-/m0/s1. The first-order valence-corrected chi connectivity index (χ1v) is 7.89. The predicted octanol–water partition coefficient (Wildman–Crippen LogP) is 2.05. The highest BCUT2D eigenvalue weighted by atomic mass is 19.1. The number of rotatable bonds is 5. The van der Waals surface area contributed by atoms with Crippen LogP contribution in [0.15, 0.2) is 49.1 Å². The van der Waals surface area contributed by atoms with Gasteiger partial charge < -0.3 is 9.30 Å². The number of aldehydes is 1. The zero-order valence-electron chi connectivity index (χ0n) is 13.5. The van der Waals surface area contributed by atoms with Gasteiger partial charge in [0.25, 0.3) is 0 Å². The maximum Gasteiger partial charge on any atom is 0.414 e. The van der Waals surface area contributed by atoms with E-state index in [0.717, 1.165) is 0 Å². The number of hydrogen-bond donors (Lipinski definition) is 0. The molecule has 1 saturated heterocycles. The lowest BCUT2D eigenvalue weighted by atomic mass is 10.2. The predicted molar refractivity (Wildman–Crippen MR) is 88.8 cm³/mol. The Morgan fingerprint density at radius 2 is 2.19 bits per heavy atom. The van der Waals surface area contributed by atoms with Crippen molar-refractivity contribution in [3.05, 3.63) is 60.4 Å². The van der Waals surface area contributed by atoms with E-state index in [1.54, 1.807) is 41.5 Å². The summed E-state index contributed by atoms with van der Waals surface area (Å²) in [5.41, 5.74) is 1.14. The Kier molecular flexibility index (Phi) is 3.96. The molecule has 0 unspecified atom stereocenters. The second kappa shape index (κ2) is 6.43. The summed E-state index contributed by atoms with van der Waals surface area (Å²) in [6.07, 6.45) is 6.11. The Hall–Kier alpha value is -3.49. The van der Waals surface area contributed by atoms with Crippen molar-refractivity contribution < 1.29 is 18.7 Å². The third-order valence-corrected chi connectivity index (χ3v) is 4.11. The first-order chi connectivity index (χ1) is 12.6. The van der Waals surface area contributed by atoms with Crippen LogP contribution >= 0.6 is 0 Å². The molecule has 26 heavy (non-hydrogen) atoms. The van der Waals surface area contributed by atoms with Gasteiger partial charge in [0.1, 0.15) is 11.9 Å². The first kappa shape index (κ1) is 16.0. The van der Waals surface area contributed by atoms with Crippen LogP contribution in [-0.2, 0) is 11.3 Å². The van der Waals surface area contributed by atoms with Gasteiger partial charge in [-0.3, -0.25) is 9.69 Å². The molecule has 0 aliphatic carbocycles. The summed E-state index contributed by atoms with van der Waals surface area (Å²) in [5.74, 6) is -0.511. The minimum atomic E-state index is -0.536. The molecule has 132 valence electrons. The third-order valence-electron chi connectivity index (χ3n) is 4.11. The molecule has 4 rings (SSSR count). The topological polar surface area (TPSA) is 82.2 Å². The highest BCUT2D eigenvalue weighted by molar-refractivity contribution is 5.89. The minimum Gasteiger partial charge on any atom is -0.442 e. The van der Waals surface area contributed by atoms with E-state index < -0.39 is 18.0 Å². The summed E-state index contributed by atoms with van der Waals surface area (Å²) in [4.78, 5) is 24.3. The number of nitrogens with zero attached hydrogens (tertiary/aromatic N) is 5. The molecular weight excluding hydrogens is 341 g/mol. The Labute approximate surface area is 147 Å². The normalized spacial score (nSPS) is 16.7. The van der Waals surface area contributed by atoms with E-state index >= 15 is 0 Å². The minimum absolute atomic E-state index is 0.286. The number of anilines is 1. The number of aromatic nitrogens is 4. The molecule has 1 atom stereocenters. The van der Waals surface area contributed by atoms with Crippen molar-refractivity contribution in [2.24, 2.45) is 0 Å². The van der Waals surface area contributed by atoms with E-state index in [1.807, 2.05) is 0 Å². The Bertz CT molecular complexity index is 953. The zero-order valence-corrected chi connectivity index (χ0v) is 13.5. The Morgan fingerprint density at radius 1 is 1.31 bits per heavy atom. The molecule has 1 fully saturated rings. The maximum atomic E-state index is 14.5. The molecule has 0 N–H and O–H groups in total. The van der Waals surface area contributed by atoms with Gasteiger partial charge >= 0.3 is 6.09 Å². The number of halogens is 1. The van der Waals surface area contributed by atoms with Crippen molar-refractivity contribution in [1.29, 1.82) is 0 Å². The summed E-state index contributed by atoms with van der Waals surface area (Å²) in [6.45, 7) is 0.664. The molecule has 9 heteroatoms. The van der Waals surface area contributed by atoms with E-state index in [-0.39, 0.29) is 12.2 Å². The van der Waals surface area contributed by atoms with Crippen LogP contribution in [0.2, 0.25) is 0 Å². The Morgan fingerprint density at radius 3 is 2.88 bits per heavy atom. The summed E-state index contributed by atoms with van der Waals surface area (Å²) in [6, 6.07) is 6.05. The Balaban J connectivity index is 1.53. The number of cyclic esters (lactones) is 1. The lowest BCUT2D eigenvalue weighted by Gasteiger charge is -2.14. The third kappa shape index (κ3) is 2.94. The summed E-state index contributed by atoms with van der Waals surface area (Å²) in [7, 11) is 0. The molecule has 1 aliphatic rings. The lowest BCUT2D eigenvalue weighted by molar-refractivity contribution is 0.112. The molecule has 3 heterocycles. The van der Waals surface area contributed by atoms with Gasteiger partial charge in [-0.15, -0.1) is 5.10 Å². The fourth-order valence-corrected chi connectivity index (χ4v) is 2.87. The van der Waals surface area contributed by atoms with Gasteiger partial charge in [-0.25, -0.2) is 13.9 Å². The molecule has 0 spiro atoms. The number of amides is 1. The molecule has 0 bridgehead atoms. The van der Waals surface area contributed by atoms with E-state index in [2.05, 4.69) is 10.3 Å². The van der Waals surface area contributed by atoms with E-state index in [9.17, 15) is 14.0 Å². The number of carbonyl (C=O) groups is 2. The van der Waals surface area contributed by atoms with Crippen LogP contribution in [0, 0.1) is 5.82 Å². The number of ether oxygens (including phenoxy) is 1. The quantitative estimate of drug-likeness (QED) is 0.654. The van der Waals surface area contributed by atoms with Gasteiger partial charge in [-0.2, -0.15) is 0 Å². The molecule has 0 saturated carbocycles. The number of benzene rings is 1. The molecular formula is C17H14FN5O3. The molecule has 3 aromatic rings. The van der Waals surface area contributed by atoms with Crippen molar-refractivity contribution in [3.8, 4) is 5.69 Å². The van der Waals surface area contributed by atoms with Crippen LogP contribution in [0.4, 0.5) is 14.9 Å².